The molecule has 0 saturated carbocycles. The van der Waals surface area contributed by atoms with Crippen LogP contribution < -0.4 is 15.4 Å². The third kappa shape index (κ3) is 2.87. The second-order valence-corrected chi connectivity index (χ2v) is 6.72. The van der Waals surface area contributed by atoms with Gasteiger partial charge in [-0.1, -0.05) is 0 Å². The zero-order chi connectivity index (χ0) is 13.2. The van der Waals surface area contributed by atoms with Crippen molar-refractivity contribution < 1.29 is 13.2 Å². The Bertz CT molecular complexity index is 528. The molecular weight excluding hydrogens is 252 g/mol. The molecule has 6 heteroatoms. The molecule has 0 spiro atoms. The Morgan fingerprint density at radius 1 is 1.28 bits per heavy atom. The molecule has 5 nitrogen and oxygen atoms in total. The lowest BCUT2D eigenvalue weighted by Crippen LogP contribution is -2.27. The van der Waals surface area contributed by atoms with Gasteiger partial charge in [-0.2, -0.15) is 0 Å². The van der Waals surface area contributed by atoms with Gasteiger partial charge in [0.15, 0.2) is 9.84 Å². The van der Waals surface area contributed by atoms with Crippen LogP contribution in [0.3, 0.4) is 0 Å². The summed E-state index contributed by atoms with van der Waals surface area (Å²) in [5.74, 6) is 1.17. The van der Waals surface area contributed by atoms with Gasteiger partial charge in [0.1, 0.15) is 5.75 Å². The van der Waals surface area contributed by atoms with Gasteiger partial charge < -0.3 is 15.4 Å². The Labute approximate surface area is 107 Å². The van der Waals surface area contributed by atoms with Gasteiger partial charge in [-0.25, -0.2) is 8.42 Å². The van der Waals surface area contributed by atoms with E-state index in [2.05, 4.69) is 0 Å². The maximum atomic E-state index is 11.6. The van der Waals surface area contributed by atoms with Gasteiger partial charge in [-0.3, -0.25) is 0 Å². The fourth-order valence-corrected chi connectivity index (χ4v) is 3.38. The molecule has 100 valence electrons. The van der Waals surface area contributed by atoms with Crippen molar-refractivity contribution in [3.05, 3.63) is 18.2 Å². The number of ether oxygens (including phenoxy) is 1. The highest BCUT2D eigenvalue weighted by atomic mass is 32.2. The van der Waals surface area contributed by atoms with E-state index in [1.54, 1.807) is 19.2 Å². The molecule has 1 heterocycles. The van der Waals surface area contributed by atoms with Crippen LogP contribution in [0.15, 0.2) is 18.2 Å². The highest BCUT2D eigenvalue weighted by molar-refractivity contribution is 7.91. The summed E-state index contributed by atoms with van der Waals surface area (Å²) in [4.78, 5) is 2.02. The van der Waals surface area contributed by atoms with Crippen LogP contribution in [0.5, 0.6) is 5.75 Å². The molecule has 18 heavy (non-hydrogen) atoms. The molecule has 2 N–H and O–H groups in total. The summed E-state index contributed by atoms with van der Waals surface area (Å²) in [5.41, 5.74) is 7.45. The standard InChI is InChI=1S/C12H18N2O3S/c1-17-10-3-4-11(13)12(9-10)14-5-2-7-18(15,16)8-6-14/h3-4,9H,2,5-8,13H2,1H3. The van der Waals surface area contributed by atoms with Crippen LogP contribution in [0, 0.1) is 0 Å². The number of nitrogens with two attached hydrogens (primary N) is 1. The quantitative estimate of drug-likeness (QED) is 0.808. The molecule has 1 fully saturated rings. The summed E-state index contributed by atoms with van der Waals surface area (Å²) in [6, 6.07) is 5.44. The fraction of sp³-hybridized carbons (Fsp3) is 0.500. The molecule has 0 unspecified atom stereocenters. The normalized spacial score (nSPS) is 19.3. The number of hydrogen-bond acceptors (Lipinski definition) is 5. The summed E-state index contributed by atoms with van der Waals surface area (Å²) < 4.78 is 28.3. The second kappa shape index (κ2) is 5.06. The third-order valence-electron chi connectivity index (χ3n) is 3.13. The molecule has 2 rings (SSSR count). The first-order valence-corrected chi connectivity index (χ1v) is 7.73. The molecule has 0 radical (unpaired) electrons. The number of benzene rings is 1. The van der Waals surface area contributed by atoms with Crippen LogP contribution in [0.4, 0.5) is 11.4 Å². The number of methoxy groups -OCH3 is 1. The Balaban J connectivity index is 2.25. The van der Waals surface area contributed by atoms with Crippen LogP contribution in [0.1, 0.15) is 6.42 Å². The van der Waals surface area contributed by atoms with E-state index in [1.807, 2.05) is 11.0 Å². The lowest BCUT2D eigenvalue weighted by molar-refractivity contribution is 0.415. The molecule has 0 aromatic heterocycles. The summed E-state index contributed by atoms with van der Waals surface area (Å²) in [6.07, 6.45) is 0.638. The predicted octanol–water partition coefficient (Wildman–Crippen LogP) is 0.902. The van der Waals surface area contributed by atoms with Crippen LogP contribution in [0.25, 0.3) is 0 Å². The van der Waals surface area contributed by atoms with Crippen molar-refractivity contribution in [3.63, 3.8) is 0 Å². The second-order valence-electron chi connectivity index (χ2n) is 4.42. The lowest BCUT2D eigenvalue weighted by atomic mass is 10.2. The molecule has 1 saturated heterocycles. The first-order valence-electron chi connectivity index (χ1n) is 5.91. The topological polar surface area (TPSA) is 72.6 Å². The summed E-state index contributed by atoms with van der Waals surface area (Å²) >= 11 is 0. The SMILES string of the molecule is COc1ccc(N)c(N2CCCS(=O)(=O)CC2)c1. The van der Waals surface area contributed by atoms with E-state index < -0.39 is 9.84 Å². The highest BCUT2D eigenvalue weighted by Gasteiger charge is 2.20. The molecule has 1 aliphatic rings. The minimum atomic E-state index is -2.90. The zero-order valence-electron chi connectivity index (χ0n) is 10.4. The molecule has 0 bridgehead atoms. The summed E-state index contributed by atoms with van der Waals surface area (Å²) in [5, 5.41) is 0. The smallest absolute Gasteiger partial charge is 0.152 e. The van der Waals surface area contributed by atoms with Crippen molar-refractivity contribution in [2.24, 2.45) is 0 Å². The highest BCUT2D eigenvalue weighted by Crippen LogP contribution is 2.29. The number of nitrogen functional groups attached to an aromatic ring is 1. The van der Waals surface area contributed by atoms with E-state index >= 15 is 0 Å². The van der Waals surface area contributed by atoms with Crippen LogP contribution in [-0.4, -0.2) is 40.1 Å². The van der Waals surface area contributed by atoms with Crippen molar-refractivity contribution in [1.29, 1.82) is 0 Å². The van der Waals surface area contributed by atoms with Crippen molar-refractivity contribution in [2.75, 3.05) is 42.3 Å². The van der Waals surface area contributed by atoms with Crippen molar-refractivity contribution in [3.8, 4) is 5.75 Å². The Morgan fingerprint density at radius 2 is 2.06 bits per heavy atom. The maximum Gasteiger partial charge on any atom is 0.152 e. The molecule has 1 aliphatic heterocycles. The monoisotopic (exact) mass is 270 g/mol. The third-order valence-corrected chi connectivity index (χ3v) is 4.85. The van der Waals surface area contributed by atoms with Gasteiger partial charge in [0.2, 0.25) is 0 Å². The van der Waals surface area contributed by atoms with E-state index in [0.29, 0.717) is 25.2 Å². The average molecular weight is 270 g/mol. The first kappa shape index (κ1) is 13.0. The number of rotatable bonds is 2. The van der Waals surface area contributed by atoms with Crippen molar-refractivity contribution >= 4 is 21.2 Å². The van der Waals surface area contributed by atoms with Gasteiger partial charge in [-0.15, -0.1) is 0 Å². The lowest BCUT2D eigenvalue weighted by Gasteiger charge is -2.24. The largest absolute Gasteiger partial charge is 0.497 e. The van der Waals surface area contributed by atoms with Gasteiger partial charge in [0.05, 0.1) is 30.0 Å². The van der Waals surface area contributed by atoms with Gasteiger partial charge in [0.25, 0.3) is 0 Å². The predicted molar refractivity (Wildman–Crippen MR) is 72.9 cm³/mol. The fourth-order valence-electron chi connectivity index (χ4n) is 2.10. The van der Waals surface area contributed by atoms with Crippen molar-refractivity contribution in [1.82, 2.24) is 0 Å². The number of hydrogen-bond donors (Lipinski definition) is 1. The molecule has 0 atom stereocenters. The minimum Gasteiger partial charge on any atom is -0.497 e. The molecule has 1 aromatic carbocycles. The number of anilines is 2. The van der Waals surface area contributed by atoms with E-state index in [-0.39, 0.29) is 11.5 Å². The molecular formula is C12H18N2O3S. The Hall–Kier alpha value is -1.43. The van der Waals surface area contributed by atoms with Gasteiger partial charge >= 0.3 is 0 Å². The zero-order valence-corrected chi connectivity index (χ0v) is 11.2. The van der Waals surface area contributed by atoms with Crippen LogP contribution >= 0.6 is 0 Å². The van der Waals surface area contributed by atoms with Gasteiger partial charge in [0, 0.05) is 19.2 Å². The van der Waals surface area contributed by atoms with Crippen molar-refractivity contribution in [2.45, 2.75) is 6.42 Å². The maximum absolute atomic E-state index is 11.6. The van der Waals surface area contributed by atoms with Crippen LogP contribution in [0.2, 0.25) is 0 Å². The average Bonchev–Trinajstić information content (AvgIpc) is 2.51. The summed E-state index contributed by atoms with van der Waals surface area (Å²) in [6.45, 7) is 1.19. The van der Waals surface area contributed by atoms with E-state index in [0.717, 1.165) is 11.4 Å². The minimum absolute atomic E-state index is 0.184. The first-order chi connectivity index (χ1) is 8.52. The van der Waals surface area contributed by atoms with E-state index in [1.165, 1.54) is 0 Å². The molecule has 0 aliphatic carbocycles. The van der Waals surface area contributed by atoms with Crippen LogP contribution in [-0.2, 0) is 9.84 Å². The Morgan fingerprint density at radius 3 is 2.78 bits per heavy atom. The number of sulfone groups is 1. The van der Waals surface area contributed by atoms with E-state index in [4.69, 9.17) is 10.5 Å². The molecule has 0 amide bonds. The Kier molecular flexibility index (Phi) is 3.65. The molecule has 1 aromatic rings. The number of nitrogens with zero attached hydrogens (tertiary/aromatic N) is 1. The summed E-state index contributed by atoms with van der Waals surface area (Å²) in [7, 11) is -1.30. The van der Waals surface area contributed by atoms with Gasteiger partial charge in [-0.05, 0) is 18.6 Å². The van der Waals surface area contributed by atoms with E-state index in [9.17, 15) is 8.42 Å².